The average Bonchev–Trinajstić information content (AvgIpc) is 2.77. The largest absolute Gasteiger partial charge is 0.462 e. The molecule has 0 saturated heterocycles. The van der Waals surface area contributed by atoms with Crippen LogP contribution in [0.5, 0.6) is 0 Å². The molecule has 0 amide bonds. The van der Waals surface area contributed by atoms with Crippen molar-refractivity contribution in [2.75, 3.05) is 6.61 Å². The molecule has 0 aliphatic carbocycles. The average molecular weight is 516 g/mol. The molecule has 1 heterocycles. The number of aromatic nitrogens is 1. The van der Waals surface area contributed by atoms with Crippen LogP contribution >= 0.6 is 23.2 Å². The number of carbonyl (C=O) groups excluding carboxylic acids is 1. The molecule has 0 bridgehead atoms. The van der Waals surface area contributed by atoms with Gasteiger partial charge in [0, 0.05) is 22.7 Å². The lowest BCUT2D eigenvalue weighted by Gasteiger charge is -2.26. The summed E-state index contributed by atoms with van der Waals surface area (Å²) in [5, 5.41) is 10.0. The summed E-state index contributed by atoms with van der Waals surface area (Å²) in [4.78, 5) is 16.4. The second-order valence-corrected chi connectivity index (χ2v) is 8.24. The molecule has 0 spiro atoms. The van der Waals surface area contributed by atoms with Crippen LogP contribution in [0.15, 0.2) is 54.7 Å². The Bertz CT molecular complexity index is 1190. The molecular weight excluding hydrogens is 497 g/mol. The number of esters is 1. The van der Waals surface area contributed by atoms with Crippen molar-refractivity contribution in [1.29, 1.82) is 0 Å². The number of alkyl halides is 3. The molecule has 0 aliphatic heterocycles. The Kier molecular flexibility index (Phi) is 8.17. The first-order chi connectivity index (χ1) is 16.0. The number of nitrogens with zero attached hydrogens (tertiary/aromatic N) is 1. The topological polar surface area (TPSA) is 59.4 Å². The van der Waals surface area contributed by atoms with Gasteiger partial charge in [-0.25, -0.2) is 9.18 Å². The number of pyridine rings is 1. The number of rotatable bonds is 7. The van der Waals surface area contributed by atoms with Gasteiger partial charge in [0.2, 0.25) is 0 Å². The lowest BCUT2D eigenvalue weighted by molar-refractivity contribution is -0.210. The van der Waals surface area contributed by atoms with Gasteiger partial charge in [0.05, 0.1) is 22.9 Å². The number of halogens is 6. The molecular formula is C24H19Cl2F4NO3. The fourth-order valence-corrected chi connectivity index (χ4v) is 3.99. The van der Waals surface area contributed by atoms with Crippen molar-refractivity contribution in [3.63, 3.8) is 0 Å². The molecule has 10 heteroatoms. The van der Waals surface area contributed by atoms with E-state index >= 15 is 0 Å². The van der Waals surface area contributed by atoms with E-state index in [1.165, 1.54) is 30.5 Å². The molecule has 3 rings (SSSR count). The van der Waals surface area contributed by atoms with Gasteiger partial charge in [0.25, 0.3) is 0 Å². The SMILES string of the molecule is CCOC(=O)c1cc(-c2cc(CC(c3ccc(F)cc3Cl)C(O)C(F)(F)F)ccn2)ccc1Cl. The molecule has 3 aromatic rings. The van der Waals surface area contributed by atoms with Crippen LogP contribution < -0.4 is 0 Å². The minimum atomic E-state index is -4.93. The van der Waals surface area contributed by atoms with Crippen LogP contribution in [0, 0.1) is 5.82 Å². The zero-order valence-electron chi connectivity index (χ0n) is 17.7. The minimum Gasteiger partial charge on any atom is -0.462 e. The first-order valence-electron chi connectivity index (χ1n) is 10.1. The van der Waals surface area contributed by atoms with Gasteiger partial charge in [-0.3, -0.25) is 4.98 Å². The Morgan fingerprint density at radius 1 is 1.09 bits per heavy atom. The number of benzene rings is 2. The van der Waals surface area contributed by atoms with Gasteiger partial charge in [0.15, 0.2) is 6.10 Å². The molecule has 2 aromatic carbocycles. The quantitative estimate of drug-likeness (QED) is 0.283. The molecule has 1 N–H and O–H groups in total. The summed E-state index contributed by atoms with van der Waals surface area (Å²) >= 11 is 12.1. The summed E-state index contributed by atoms with van der Waals surface area (Å²) < 4.78 is 58.7. The van der Waals surface area contributed by atoms with Gasteiger partial charge in [-0.1, -0.05) is 35.3 Å². The molecule has 0 saturated carbocycles. The summed E-state index contributed by atoms with van der Waals surface area (Å²) in [5.74, 6) is -2.83. The van der Waals surface area contributed by atoms with Crippen molar-refractivity contribution >= 4 is 29.2 Å². The fourth-order valence-electron chi connectivity index (χ4n) is 3.48. The molecule has 2 unspecified atom stereocenters. The van der Waals surface area contributed by atoms with Crippen LogP contribution in [-0.4, -0.2) is 34.9 Å². The van der Waals surface area contributed by atoms with Crippen LogP contribution in [0.4, 0.5) is 17.6 Å². The van der Waals surface area contributed by atoms with Crippen molar-refractivity contribution < 1.29 is 32.2 Å². The van der Waals surface area contributed by atoms with Crippen molar-refractivity contribution in [3.05, 3.63) is 87.3 Å². The third kappa shape index (κ3) is 6.05. The standard InChI is InChI=1S/C24H19Cl2F4NO3/c1-2-34-23(33)18-11-14(3-6-19(18)25)21-10-13(7-8-31-21)9-17(22(32)24(28,29)30)16-5-4-15(27)12-20(16)26/h3-8,10-12,17,22,32H,2,9H2,1H3. The van der Waals surface area contributed by atoms with E-state index in [9.17, 15) is 27.5 Å². The molecule has 2 atom stereocenters. The fraction of sp³-hybridized carbons (Fsp3) is 0.250. The van der Waals surface area contributed by atoms with Crippen LogP contribution in [0.25, 0.3) is 11.3 Å². The monoisotopic (exact) mass is 515 g/mol. The number of aliphatic hydroxyl groups excluding tert-OH is 1. The molecule has 4 nitrogen and oxygen atoms in total. The van der Waals surface area contributed by atoms with Crippen LogP contribution in [0.1, 0.15) is 34.3 Å². The maximum Gasteiger partial charge on any atom is 0.414 e. The van der Waals surface area contributed by atoms with E-state index in [1.54, 1.807) is 13.0 Å². The second-order valence-electron chi connectivity index (χ2n) is 7.43. The Labute approximate surface area is 203 Å². The van der Waals surface area contributed by atoms with Gasteiger partial charge >= 0.3 is 12.1 Å². The van der Waals surface area contributed by atoms with E-state index in [0.29, 0.717) is 16.8 Å². The predicted molar refractivity (Wildman–Crippen MR) is 121 cm³/mol. The summed E-state index contributed by atoms with van der Waals surface area (Å²) in [6.07, 6.45) is -6.53. The van der Waals surface area contributed by atoms with Crippen LogP contribution in [0.3, 0.4) is 0 Å². The first-order valence-corrected chi connectivity index (χ1v) is 10.9. The highest BCUT2D eigenvalue weighted by atomic mass is 35.5. The minimum absolute atomic E-state index is 0.0395. The Morgan fingerprint density at radius 3 is 2.47 bits per heavy atom. The molecule has 0 radical (unpaired) electrons. The molecule has 180 valence electrons. The lowest BCUT2D eigenvalue weighted by Crippen LogP contribution is -2.35. The smallest absolute Gasteiger partial charge is 0.414 e. The molecule has 34 heavy (non-hydrogen) atoms. The normalized spacial score (nSPS) is 13.4. The molecule has 0 aliphatic rings. The zero-order valence-corrected chi connectivity index (χ0v) is 19.3. The highest BCUT2D eigenvalue weighted by molar-refractivity contribution is 6.33. The van der Waals surface area contributed by atoms with Crippen LogP contribution in [-0.2, 0) is 11.2 Å². The number of carbonyl (C=O) groups is 1. The highest BCUT2D eigenvalue weighted by Gasteiger charge is 2.44. The molecule has 0 fully saturated rings. The summed E-state index contributed by atoms with van der Waals surface area (Å²) in [6, 6.07) is 10.6. The third-order valence-corrected chi connectivity index (χ3v) is 5.77. The van der Waals surface area contributed by atoms with Gasteiger partial charge in [-0.05, 0) is 60.9 Å². The number of hydrogen-bond donors (Lipinski definition) is 1. The van der Waals surface area contributed by atoms with Crippen molar-refractivity contribution in [2.24, 2.45) is 0 Å². The maximum atomic E-state index is 13.5. The Morgan fingerprint density at radius 2 is 1.82 bits per heavy atom. The maximum absolute atomic E-state index is 13.5. The zero-order chi connectivity index (χ0) is 25.0. The third-order valence-electron chi connectivity index (χ3n) is 5.12. The van der Waals surface area contributed by atoms with E-state index in [-0.39, 0.29) is 34.2 Å². The second kappa shape index (κ2) is 10.7. The summed E-state index contributed by atoms with van der Waals surface area (Å²) in [5.41, 5.74) is 1.34. The van der Waals surface area contributed by atoms with Crippen molar-refractivity contribution in [1.82, 2.24) is 4.98 Å². The summed E-state index contributed by atoms with van der Waals surface area (Å²) in [6.45, 7) is 1.81. The number of hydrogen-bond acceptors (Lipinski definition) is 4. The summed E-state index contributed by atoms with van der Waals surface area (Å²) in [7, 11) is 0. The van der Waals surface area contributed by atoms with Crippen LogP contribution in [0.2, 0.25) is 10.0 Å². The van der Waals surface area contributed by atoms with E-state index in [1.807, 2.05) is 0 Å². The Hall–Kier alpha value is -2.68. The van der Waals surface area contributed by atoms with Crippen molar-refractivity contribution in [2.45, 2.75) is 31.5 Å². The molecule has 1 aromatic heterocycles. The first kappa shape index (κ1) is 25.9. The van der Waals surface area contributed by atoms with E-state index in [0.717, 1.165) is 18.2 Å². The highest BCUT2D eigenvalue weighted by Crippen LogP contribution is 2.38. The van der Waals surface area contributed by atoms with E-state index in [2.05, 4.69) is 4.98 Å². The lowest BCUT2D eigenvalue weighted by atomic mass is 9.86. The van der Waals surface area contributed by atoms with Gasteiger partial charge in [0.1, 0.15) is 5.82 Å². The van der Waals surface area contributed by atoms with Gasteiger partial charge < -0.3 is 9.84 Å². The predicted octanol–water partition coefficient (Wildman–Crippen LogP) is 6.62. The van der Waals surface area contributed by atoms with Crippen molar-refractivity contribution in [3.8, 4) is 11.3 Å². The van der Waals surface area contributed by atoms with E-state index in [4.69, 9.17) is 27.9 Å². The number of aliphatic hydroxyl groups is 1. The van der Waals surface area contributed by atoms with E-state index < -0.39 is 30.0 Å². The van der Waals surface area contributed by atoms with Gasteiger partial charge in [-0.15, -0.1) is 0 Å². The Balaban J connectivity index is 1.99. The number of ether oxygens (including phenoxy) is 1. The van der Waals surface area contributed by atoms with Gasteiger partial charge in [-0.2, -0.15) is 13.2 Å².